The second kappa shape index (κ2) is 10.3. The summed E-state index contributed by atoms with van der Waals surface area (Å²) in [4.78, 5) is 10.2. The average molecular weight is 531 g/mol. The van der Waals surface area contributed by atoms with E-state index in [0.717, 1.165) is 29.9 Å². The summed E-state index contributed by atoms with van der Waals surface area (Å²) in [6, 6.07) is 11.5. The number of ether oxygens (including phenoxy) is 1. The highest BCUT2D eigenvalue weighted by atomic mass is 35.5. The number of rotatable bonds is 6. The van der Waals surface area contributed by atoms with Crippen LogP contribution in [0.1, 0.15) is 29.5 Å². The number of nitrogens with zero attached hydrogens (tertiary/aromatic N) is 3. The molecule has 4 nitrogen and oxygen atoms in total. The molecule has 1 fully saturated rings. The summed E-state index contributed by atoms with van der Waals surface area (Å²) in [6.07, 6.45) is -2.32. The van der Waals surface area contributed by atoms with Crippen molar-refractivity contribution in [1.29, 1.82) is 0 Å². The van der Waals surface area contributed by atoms with E-state index in [2.05, 4.69) is 14.9 Å². The predicted molar refractivity (Wildman–Crippen MR) is 127 cm³/mol. The van der Waals surface area contributed by atoms with Crippen molar-refractivity contribution in [1.82, 2.24) is 14.9 Å². The van der Waals surface area contributed by atoms with Crippen molar-refractivity contribution in [2.75, 3.05) is 13.1 Å². The molecule has 34 heavy (non-hydrogen) atoms. The van der Waals surface area contributed by atoms with Gasteiger partial charge in [-0.25, -0.2) is 9.97 Å². The fourth-order valence-corrected chi connectivity index (χ4v) is 4.81. The third-order valence-corrected chi connectivity index (χ3v) is 6.93. The molecule has 0 radical (unpaired) electrons. The number of halogens is 6. The van der Waals surface area contributed by atoms with Gasteiger partial charge in [-0.1, -0.05) is 40.9 Å². The average Bonchev–Trinajstić information content (AvgIpc) is 3.19. The maximum atomic E-state index is 12.9. The normalized spacial score (nSPS) is 19.9. The molecular weight excluding hydrogens is 510 g/mol. The van der Waals surface area contributed by atoms with Crippen molar-refractivity contribution in [3.8, 4) is 5.88 Å². The van der Waals surface area contributed by atoms with Crippen molar-refractivity contribution < 1.29 is 17.9 Å². The molecule has 0 saturated carbocycles. The van der Waals surface area contributed by atoms with Crippen LogP contribution in [0.5, 0.6) is 5.88 Å². The molecule has 0 aliphatic carbocycles. The topological polar surface area (TPSA) is 38.2 Å². The lowest BCUT2D eigenvalue weighted by atomic mass is 9.86. The Kier molecular flexibility index (Phi) is 7.57. The molecule has 3 heterocycles. The third kappa shape index (κ3) is 5.95. The van der Waals surface area contributed by atoms with Crippen molar-refractivity contribution in [3.63, 3.8) is 0 Å². The smallest absolute Gasteiger partial charge is 0.417 e. The Morgan fingerprint density at radius 2 is 1.82 bits per heavy atom. The van der Waals surface area contributed by atoms with E-state index in [1.807, 2.05) is 31.2 Å². The summed E-state index contributed by atoms with van der Waals surface area (Å²) in [5, 5.41) is 1.37. The zero-order valence-electron chi connectivity index (χ0n) is 18.1. The van der Waals surface area contributed by atoms with Crippen LogP contribution < -0.4 is 4.74 Å². The van der Waals surface area contributed by atoms with Crippen molar-refractivity contribution in [3.05, 3.63) is 86.7 Å². The Morgan fingerprint density at radius 1 is 1.03 bits per heavy atom. The standard InChI is InChI=1S/C24H21Cl3F3N3O/c1-14(34-23-5-3-17(10-32-23)24(28,29)30)18-12-33(11-15-6-7-31-22(27)8-15)13-19(18)16-2-4-20(25)21(26)9-16/h2-10,14,18-19H,11-13H2,1H3. The lowest BCUT2D eigenvalue weighted by molar-refractivity contribution is -0.137. The van der Waals surface area contributed by atoms with Gasteiger partial charge in [0.25, 0.3) is 0 Å². The first kappa shape index (κ1) is 25.0. The van der Waals surface area contributed by atoms with Crippen LogP contribution in [0.25, 0.3) is 0 Å². The van der Waals surface area contributed by atoms with E-state index in [4.69, 9.17) is 39.5 Å². The summed E-state index contributed by atoms with van der Waals surface area (Å²) in [5.74, 6) is 0.239. The first-order valence-electron chi connectivity index (χ1n) is 10.6. The van der Waals surface area contributed by atoms with Crippen molar-refractivity contribution in [2.45, 2.75) is 31.7 Å². The molecule has 3 atom stereocenters. The molecule has 1 aromatic carbocycles. The van der Waals surface area contributed by atoms with Gasteiger partial charge in [0.2, 0.25) is 5.88 Å². The fraction of sp³-hybridized carbons (Fsp3) is 0.333. The largest absolute Gasteiger partial charge is 0.474 e. The molecule has 180 valence electrons. The van der Waals surface area contributed by atoms with Crippen LogP contribution in [0.15, 0.2) is 54.9 Å². The summed E-state index contributed by atoms with van der Waals surface area (Å²) in [6.45, 7) is 4.01. The van der Waals surface area contributed by atoms with Gasteiger partial charge < -0.3 is 4.74 Å². The van der Waals surface area contributed by atoms with E-state index in [1.165, 1.54) is 6.07 Å². The first-order chi connectivity index (χ1) is 16.1. The van der Waals surface area contributed by atoms with Crippen LogP contribution in [0.3, 0.4) is 0 Å². The molecule has 0 bridgehead atoms. The highest BCUT2D eigenvalue weighted by Crippen LogP contribution is 2.39. The Hall–Kier alpha value is -2.06. The van der Waals surface area contributed by atoms with Crippen molar-refractivity contribution in [2.24, 2.45) is 5.92 Å². The molecule has 10 heteroatoms. The lowest BCUT2D eigenvalue weighted by Crippen LogP contribution is -2.30. The van der Waals surface area contributed by atoms with Gasteiger partial charge >= 0.3 is 6.18 Å². The molecule has 3 unspecified atom stereocenters. The van der Waals surface area contributed by atoms with E-state index in [9.17, 15) is 13.2 Å². The van der Waals surface area contributed by atoms with Gasteiger partial charge in [0.05, 0.1) is 15.6 Å². The summed E-state index contributed by atoms with van der Waals surface area (Å²) in [7, 11) is 0. The SMILES string of the molecule is CC(Oc1ccc(C(F)(F)F)cn1)C1CN(Cc2ccnc(Cl)c2)CC1c1ccc(Cl)c(Cl)c1. The number of hydrogen-bond acceptors (Lipinski definition) is 4. The third-order valence-electron chi connectivity index (χ3n) is 5.98. The molecule has 0 amide bonds. The molecule has 0 N–H and O–H groups in total. The minimum atomic E-state index is -4.45. The number of likely N-dealkylation sites (tertiary alicyclic amines) is 1. The maximum Gasteiger partial charge on any atom is 0.417 e. The number of hydrogen-bond donors (Lipinski definition) is 0. The van der Waals surface area contributed by atoms with Crippen LogP contribution in [0.2, 0.25) is 15.2 Å². The lowest BCUT2D eigenvalue weighted by Gasteiger charge is -2.26. The summed E-state index contributed by atoms with van der Waals surface area (Å²) < 4.78 is 44.6. The Labute approximate surface area is 210 Å². The Bertz CT molecular complexity index is 1140. The molecule has 1 aliphatic rings. The highest BCUT2D eigenvalue weighted by Gasteiger charge is 2.38. The van der Waals surface area contributed by atoms with Gasteiger partial charge in [-0.15, -0.1) is 0 Å². The summed E-state index contributed by atoms with van der Waals surface area (Å²) in [5.41, 5.74) is 1.24. The van der Waals surface area contributed by atoms with Crippen LogP contribution >= 0.6 is 34.8 Å². The second-order valence-corrected chi connectivity index (χ2v) is 9.53. The second-order valence-electron chi connectivity index (χ2n) is 8.33. The molecule has 0 spiro atoms. The van der Waals surface area contributed by atoms with E-state index < -0.39 is 11.7 Å². The van der Waals surface area contributed by atoms with Gasteiger partial charge in [0, 0.05) is 49.9 Å². The van der Waals surface area contributed by atoms with Crippen molar-refractivity contribution >= 4 is 34.8 Å². The Balaban J connectivity index is 1.55. The van der Waals surface area contributed by atoms with Crippen LogP contribution in [0, 0.1) is 5.92 Å². The number of alkyl halides is 3. The molecule has 1 aliphatic heterocycles. The van der Waals surface area contributed by atoms with Crippen LogP contribution in [-0.4, -0.2) is 34.1 Å². The van der Waals surface area contributed by atoms with Crippen LogP contribution in [0.4, 0.5) is 13.2 Å². The molecule has 2 aromatic heterocycles. The monoisotopic (exact) mass is 529 g/mol. The number of benzene rings is 1. The van der Waals surface area contributed by atoms with E-state index in [-0.39, 0.29) is 23.8 Å². The molecule has 1 saturated heterocycles. The first-order valence-corrected chi connectivity index (χ1v) is 11.7. The van der Waals surface area contributed by atoms with Crippen LogP contribution in [-0.2, 0) is 12.7 Å². The molecule has 4 rings (SSSR count). The predicted octanol–water partition coefficient (Wildman–Crippen LogP) is 7.14. The number of aromatic nitrogens is 2. The van der Waals surface area contributed by atoms with Gasteiger partial charge in [-0.3, -0.25) is 4.90 Å². The minimum Gasteiger partial charge on any atom is -0.474 e. The minimum absolute atomic E-state index is 0.0265. The van der Waals surface area contributed by atoms with Gasteiger partial charge in [0.1, 0.15) is 11.3 Å². The van der Waals surface area contributed by atoms with Gasteiger partial charge in [0.15, 0.2) is 0 Å². The quantitative estimate of drug-likeness (QED) is 0.318. The summed E-state index contributed by atoms with van der Waals surface area (Å²) >= 11 is 18.4. The highest BCUT2D eigenvalue weighted by molar-refractivity contribution is 6.42. The van der Waals surface area contributed by atoms with E-state index in [0.29, 0.717) is 28.3 Å². The number of pyridine rings is 2. The van der Waals surface area contributed by atoms with E-state index in [1.54, 1.807) is 12.3 Å². The maximum absolute atomic E-state index is 12.9. The molecule has 3 aromatic rings. The van der Waals surface area contributed by atoms with Gasteiger partial charge in [-0.05, 0) is 48.4 Å². The Morgan fingerprint density at radius 3 is 2.47 bits per heavy atom. The zero-order chi connectivity index (χ0) is 24.5. The molecular formula is C24H21Cl3F3N3O. The zero-order valence-corrected chi connectivity index (χ0v) is 20.3. The van der Waals surface area contributed by atoms with Gasteiger partial charge in [-0.2, -0.15) is 13.2 Å². The fourth-order valence-electron chi connectivity index (χ4n) is 4.31. The van der Waals surface area contributed by atoms with E-state index >= 15 is 0 Å².